The Morgan fingerprint density at radius 2 is 2.08 bits per heavy atom. The Morgan fingerprint density at radius 3 is 2.68 bits per heavy atom. The van der Waals surface area contributed by atoms with Gasteiger partial charge in [0.1, 0.15) is 11.6 Å². The molecule has 1 aliphatic rings. The molecule has 1 amide bonds. The average molecular weight is 384 g/mol. The van der Waals surface area contributed by atoms with Crippen LogP contribution in [0.2, 0.25) is 5.02 Å². The van der Waals surface area contributed by atoms with Crippen LogP contribution in [0.15, 0.2) is 36.5 Å². The summed E-state index contributed by atoms with van der Waals surface area (Å²) in [5, 5.41) is 5.56. The largest absolute Gasteiger partial charge is 0.366 e. The summed E-state index contributed by atoms with van der Waals surface area (Å²) >= 11 is 5.68. The zero-order chi connectivity index (χ0) is 18.0. The number of pyridine rings is 1. The first-order valence-corrected chi connectivity index (χ1v) is 9.72. The maximum absolute atomic E-state index is 13.1. The molecule has 1 aliphatic heterocycles. The van der Waals surface area contributed by atoms with Gasteiger partial charge in [0, 0.05) is 17.9 Å². The van der Waals surface area contributed by atoms with E-state index >= 15 is 0 Å². The fraction of sp³-hybridized carbons (Fsp3) is 0.250. The molecule has 1 fully saturated rings. The monoisotopic (exact) mass is 383 g/mol. The van der Waals surface area contributed by atoms with E-state index in [1.165, 1.54) is 24.4 Å². The minimum Gasteiger partial charge on any atom is -0.366 e. The van der Waals surface area contributed by atoms with E-state index in [1.54, 1.807) is 12.1 Å². The molecule has 3 rings (SSSR count). The first kappa shape index (κ1) is 17.6. The Balaban J connectivity index is 1.63. The maximum Gasteiger partial charge on any atom is 0.257 e. The van der Waals surface area contributed by atoms with E-state index in [0.29, 0.717) is 23.5 Å². The van der Waals surface area contributed by atoms with Crippen LogP contribution in [0.1, 0.15) is 16.8 Å². The number of aromatic nitrogens is 1. The Bertz CT molecular complexity index is 903. The van der Waals surface area contributed by atoms with Gasteiger partial charge in [0.2, 0.25) is 0 Å². The summed E-state index contributed by atoms with van der Waals surface area (Å²) < 4.78 is 36.0. The molecular formula is C16H15ClFN3O3S. The smallest absolute Gasteiger partial charge is 0.257 e. The molecule has 1 unspecified atom stereocenters. The Hall–Kier alpha value is -2.19. The number of anilines is 2. The van der Waals surface area contributed by atoms with Crippen molar-refractivity contribution in [2.24, 2.45) is 0 Å². The van der Waals surface area contributed by atoms with Gasteiger partial charge in [-0.2, -0.15) is 0 Å². The number of nitrogens with one attached hydrogen (secondary N) is 2. The van der Waals surface area contributed by atoms with Gasteiger partial charge in [-0.25, -0.2) is 17.8 Å². The molecule has 6 nitrogen and oxygen atoms in total. The van der Waals surface area contributed by atoms with E-state index in [0.717, 1.165) is 0 Å². The van der Waals surface area contributed by atoms with Crippen LogP contribution in [-0.4, -0.2) is 36.9 Å². The first-order valence-electron chi connectivity index (χ1n) is 7.52. The number of hydrogen-bond donors (Lipinski definition) is 2. The van der Waals surface area contributed by atoms with Gasteiger partial charge in [-0.15, -0.1) is 0 Å². The number of hydrogen-bond acceptors (Lipinski definition) is 5. The minimum absolute atomic E-state index is 0.0815. The number of sulfone groups is 1. The van der Waals surface area contributed by atoms with Crippen LogP contribution >= 0.6 is 11.6 Å². The van der Waals surface area contributed by atoms with Gasteiger partial charge < -0.3 is 10.6 Å². The molecule has 1 atom stereocenters. The third-order valence-electron chi connectivity index (χ3n) is 3.79. The van der Waals surface area contributed by atoms with E-state index in [9.17, 15) is 17.6 Å². The molecular weight excluding hydrogens is 369 g/mol. The molecule has 1 aromatic heterocycles. The van der Waals surface area contributed by atoms with Gasteiger partial charge in [-0.1, -0.05) is 11.6 Å². The highest BCUT2D eigenvalue weighted by Crippen LogP contribution is 2.20. The molecule has 2 aromatic rings. The van der Waals surface area contributed by atoms with Crippen LogP contribution in [-0.2, 0) is 9.84 Å². The minimum atomic E-state index is -2.97. The predicted octanol–water partition coefficient (Wildman–Crippen LogP) is 2.73. The second-order valence-electron chi connectivity index (χ2n) is 5.76. The SMILES string of the molecule is O=C(Nc1ccc(F)c(Cl)c1)c1ccc(NC2CCS(=O)(=O)C2)nc1. The second-order valence-corrected chi connectivity index (χ2v) is 8.40. The topological polar surface area (TPSA) is 88.2 Å². The van der Waals surface area contributed by atoms with Gasteiger partial charge >= 0.3 is 0 Å². The molecule has 0 saturated carbocycles. The van der Waals surface area contributed by atoms with Crippen molar-refractivity contribution < 1.29 is 17.6 Å². The number of rotatable bonds is 4. The second kappa shape index (κ2) is 6.97. The van der Waals surface area contributed by atoms with Crippen LogP contribution < -0.4 is 10.6 Å². The van der Waals surface area contributed by atoms with E-state index in [1.807, 2.05) is 0 Å². The van der Waals surface area contributed by atoms with Crippen molar-refractivity contribution in [2.45, 2.75) is 12.5 Å². The molecule has 2 N–H and O–H groups in total. The number of nitrogens with zero attached hydrogens (tertiary/aromatic N) is 1. The molecule has 0 spiro atoms. The van der Waals surface area contributed by atoms with E-state index < -0.39 is 21.6 Å². The Morgan fingerprint density at radius 1 is 1.28 bits per heavy atom. The molecule has 0 bridgehead atoms. The first-order chi connectivity index (χ1) is 11.8. The van der Waals surface area contributed by atoms with Gasteiger partial charge in [0.15, 0.2) is 9.84 Å². The average Bonchev–Trinajstić information content (AvgIpc) is 2.90. The summed E-state index contributed by atoms with van der Waals surface area (Å²) in [6, 6.07) is 6.90. The summed E-state index contributed by atoms with van der Waals surface area (Å²) in [7, 11) is -2.97. The Labute approximate surface area is 149 Å². The lowest BCUT2D eigenvalue weighted by Gasteiger charge is -2.12. The Kier molecular flexibility index (Phi) is 4.91. The van der Waals surface area contributed by atoms with Crippen molar-refractivity contribution in [3.63, 3.8) is 0 Å². The molecule has 132 valence electrons. The standard InChI is InChI=1S/C16H15ClFN3O3S/c17-13-7-11(2-3-14(13)18)21-16(22)10-1-4-15(19-8-10)20-12-5-6-25(23,24)9-12/h1-4,7-8,12H,5-6,9H2,(H,19,20)(H,21,22). The highest BCUT2D eigenvalue weighted by atomic mass is 35.5. The molecule has 0 radical (unpaired) electrons. The maximum atomic E-state index is 13.1. The van der Waals surface area contributed by atoms with Crippen molar-refractivity contribution >= 4 is 38.9 Å². The third kappa shape index (κ3) is 4.46. The van der Waals surface area contributed by atoms with E-state index in [4.69, 9.17) is 11.6 Å². The van der Waals surface area contributed by atoms with Crippen molar-refractivity contribution in [3.8, 4) is 0 Å². The quantitative estimate of drug-likeness (QED) is 0.847. The van der Waals surface area contributed by atoms with E-state index in [2.05, 4.69) is 15.6 Å². The zero-order valence-electron chi connectivity index (χ0n) is 13.0. The van der Waals surface area contributed by atoms with E-state index in [-0.39, 0.29) is 22.6 Å². The zero-order valence-corrected chi connectivity index (χ0v) is 14.6. The summed E-state index contributed by atoms with van der Waals surface area (Å²) in [5.41, 5.74) is 0.680. The van der Waals surface area contributed by atoms with Crippen LogP contribution in [0, 0.1) is 5.82 Å². The highest BCUT2D eigenvalue weighted by Gasteiger charge is 2.27. The lowest BCUT2D eigenvalue weighted by molar-refractivity contribution is 0.102. The molecule has 1 saturated heterocycles. The number of benzene rings is 1. The molecule has 9 heteroatoms. The lowest BCUT2D eigenvalue weighted by atomic mass is 10.2. The molecule has 25 heavy (non-hydrogen) atoms. The predicted molar refractivity (Wildman–Crippen MR) is 94.3 cm³/mol. The molecule has 1 aromatic carbocycles. The van der Waals surface area contributed by atoms with Crippen LogP contribution in [0.25, 0.3) is 0 Å². The molecule has 0 aliphatic carbocycles. The summed E-state index contributed by atoms with van der Waals surface area (Å²) in [4.78, 5) is 16.3. The van der Waals surface area contributed by atoms with Crippen molar-refractivity contribution in [2.75, 3.05) is 22.1 Å². The number of halogens is 2. The normalized spacial score (nSPS) is 18.7. The van der Waals surface area contributed by atoms with Crippen molar-refractivity contribution in [1.29, 1.82) is 0 Å². The number of carbonyl (C=O) groups excluding carboxylic acids is 1. The third-order valence-corrected chi connectivity index (χ3v) is 5.85. The van der Waals surface area contributed by atoms with Gasteiger partial charge in [-0.3, -0.25) is 4.79 Å². The summed E-state index contributed by atoms with van der Waals surface area (Å²) in [6.45, 7) is 0. The van der Waals surface area contributed by atoms with Gasteiger partial charge in [0.25, 0.3) is 5.91 Å². The molecule has 2 heterocycles. The van der Waals surface area contributed by atoms with Crippen LogP contribution in [0.3, 0.4) is 0 Å². The fourth-order valence-electron chi connectivity index (χ4n) is 2.51. The van der Waals surface area contributed by atoms with Crippen LogP contribution in [0.4, 0.5) is 15.9 Å². The van der Waals surface area contributed by atoms with Crippen molar-refractivity contribution in [1.82, 2.24) is 4.98 Å². The number of amides is 1. The number of carbonyl (C=O) groups is 1. The summed E-state index contributed by atoms with van der Waals surface area (Å²) in [5.74, 6) is -0.215. The highest BCUT2D eigenvalue weighted by molar-refractivity contribution is 7.91. The van der Waals surface area contributed by atoms with Crippen molar-refractivity contribution in [3.05, 3.63) is 52.9 Å². The van der Waals surface area contributed by atoms with Crippen LogP contribution in [0.5, 0.6) is 0 Å². The van der Waals surface area contributed by atoms with Gasteiger partial charge in [-0.05, 0) is 36.8 Å². The fourth-order valence-corrected chi connectivity index (χ4v) is 4.36. The summed E-state index contributed by atoms with van der Waals surface area (Å²) in [6.07, 6.45) is 1.92. The lowest BCUT2D eigenvalue weighted by Crippen LogP contribution is -2.21. The van der Waals surface area contributed by atoms with Gasteiger partial charge in [0.05, 0.1) is 22.1 Å².